The summed E-state index contributed by atoms with van der Waals surface area (Å²) in [5.74, 6) is 0.873. The summed E-state index contributed by atoms with van der Waals surface area (Å²) in [6, 6.07) is 10.8. The Labute approximate surface area is 124 Å². The summed E-state index contributed by atoms with van der Waals surface area (Å²) in [5.41, 5.74) is 1.71. The van der Waals surface area contributed by atoms with Gasteiger partial charge < -0.3 is 4.74 Å². The van der Waals surface area contributed by atoms with Crippen LogP contribution in [0.3, 0.4) is 0 Å². The van der Waals surface area contributed by atoms with E-state index in [0.717, 1.165) is 12.5 Å². The first-order valence-electron chi connectivity index (χ1n) is 7.60. The van der Waals surface area contributed by atoms with E-state index in [1.807, 2.05) is 0 Å². The summed E-state index contributed by atoms with van der Waals surface area (Å²) in [6.45, 7) is 0.989. The van der Waals surface area contributed by atoms with E-state index in [-0.39, 0.29) is 0 Å². The van der Waals surface area contributed by atoms with Crippen LogP contribution >= 0.6 is 15.9 Å². The van der Waals surface area contributed by atoms with E-state index in [1.54, 1.807) is 0 Å². The topological polar surface area (TPSA) is 9.23 Å². The zero-order chi connectivity index (χ0) is 13.1. The van der Waals surface area contributed by atoms with Gasteiger partial charge in [0.25, 0.3) is 0 Å². The predicted octanol–water partition coefficient (Wildman–Crippen LogP) is 5.25. The summed E-state index contributed by atoms with van der Waals surface area (Å²) < 4.78 is 6.01. The molecular formula is C17H23BrO. The van der Waals surface area contributed by atoms with E-state index in [2.05, 4.69) is 46.3 Å². The van der Waals surface area contributed by atoms with Gasteiger partial charge in [-0.1, -0.05) is 46.3 Å². The number of hydrogen-bond acceptors (Lipinski definition) is 1. The number of hydrogen-bond donors (Lipinski definition) is 0. The normalized spacial score (nSPS) is 26.9. The summed E-state index contributed by atoms with van der Waals surface area (Å²) in [4.78, 5) is 0.508. The van der Waals surface area contributed by atoms with Crippen LogP contribution in [0.2, 0.25) is 0 Å². The van der Waals surface area contributed by atoms with Gasteiger partial charge in [-0.05, 0) is 56.4 Å². The Hall–Kier alpha value is -0.340. The molecule has 1 spiro atoms. The third kappa shape index (κ3) is 3.22. The van der Waals surface area contributed by atoms with Crippen molar-refractivity contribution in [2.75, 3.05) is 6.61 Å². The van der Waals surface area contributed by atoms with Gasteiger partial charge >= 0.3 is 0 Å². The van der Waals surface area contributed by atoms with E-state index in [0.29, 0.717) is 10.4 Å². The highest BCUT2D eigenvalue weighted by Gasteiger charge is 2.42. The molecule has 3 rings (SSSR count). The van der Waals surface area contributed by atoms with Crippen LogP contribution in [-0.2, 0) is 4.74 Å². The second-order valence-corrected chi connectivity index (χ2v) is 7.30. The van der Waals surface area contributed by atoms with Gasteiger partial charge in [0.15, 0.2) is 0 Å². The van der Waals surface area contributed by atoms with Crippen molar-refractivity contribution >= 4 is 15.9 Å². The maximum Gasteiger partial charge on any atom is 0.0685 e. The van der Waals surface area contributed by atoms with Gasteiger partial charge in [-0.2, -0.15) is 0 Å². The Morgan fingerprint density at radius 1 is 1.26 bits per heavy atom. The molecule has 0 N–H and O–H groups in total. The molecule has 1 aromatic rings. The Bertz CT molecular complexity index is 399. The van der Waals surface area contributed by atoms with E-state index in [1.165, 1.54) is 50.5 Å². The molecule has 1 saturated carbocycles. The van der Waals surface area contributed by atoms with Crippen LogP contribution in [0.15, 0.2) is 30.3 Å². The molecule has 104 valence electrons. The molecule has 19 heavy (non-hydrogen) atoms. The van der Waals surface area contributed by atoms with Crippen molar-refractivity contribution in [1.82, 2.24) is 0 Å². The largest absolute Gasteiger partial charge is 0.375 e. The van der Waals surface area contributed by atoms with Crippen molar-refractivity contribution in [3.8, 4) is 0 Å². The zero-order valence-electron chi connectivity index (χ0n) is 11.5. The van der Waals surface area contributed by atoms with E-state index >= 15 is 0 Å². The van der Waals surface area contributed by atoms with E-state index < -0.39 is 0 Å². The first-order valence-corrected chi connectivity index (χ1v) is 8.52. The molecule has 2 aliphatic rings. The maximum atomic E-state index is 6.01. The Balaban J connectivity index is 1.49. The molecular weight excluding hydrogens is 300 g/mol. The van der Waals surface area contributed by atoms with Crippen molar-refractivity contribution < 1.29 is 4.74 Å². The molecule has 0 aromatic heterocycles. The summed E-state index contributed by atoms with van der Waals surface area (Å²) >= 11 is 3.84. The lowest BCUT2D eigenvalue weighted by Crippen LogP contribution is -2.45. The number of ether oxygens (including phenoxy) is 1. The third-order valence-corrected chi connectivity index (χ3v) is 5.84. The quantitative estimate of drug-likeness (QED) is 0.688. The second kappa shape index (κ2) is 5.97. The molecule has 1 aliphatic heterocycles. The highest BCUT2D eigenvalue weighted by molar-refractivity contribution is 9.09. The van der Waals surface area contributed by atoms with Gasteiger partial charge in [0.05, 0.1) is 5.60 Å². The van der Waals surface area contributed by atoms with Crippen LogP contribution in [0, 0.1) is 5.92 Å². The van der Waals surface area contributed by atoms with Crippen molar-refractivity contribution in [2.45, 2.75) is 55.4 Å². The zero-order valence-corrected chi connectivity index (χ0v) is 13.1. The Morgan fingerprint density at radius 3 is 2.74 bits per heavy atom. The first kappa shape index (κ1) is 13.6. The molecule has 1 nitrogen and oxygen atoms in total. The van der Waals surface area contributed by atoms with Gasteiger partial charge in [-0.15, -0.1) is 0 Å². The van der Waals surface area contributed by atoms with Crippen LogP contribution in [0.25, 0.3) is 0 Å². The first-order chi connectivity index (χ1) is 9.27. The van der Waals surface area contributed by atoms with Crippen LogP contribution in [0.1, 0.15) is 55.3 Å². The standard InChI is InChI=1S/C17H23BrO/c18-16(15-5-2-1-3-6-15)8-7-14-9-12-19-17(13-14)10-4-11-17/h1-3,5-6,14,16H,4,7-13H2. The number of halogens is 1. The van der Waals surface area contributed by atoms with Crippen molar-refractivity contribution in [3.05, 3.63) is 35.9 Å². The highest BCUT2D eigenvalue weighted by Crippen LogP contribution is 2.45. The molecule has 0 radical (unpaired) electrons. The molecule has 1 aliphatic carbocycles. The predicted molar refractivity (Wildman–Crippen MR) is 82.6 cm³/mol. The smallest absolute Gasteiger partial charge is 0.0685 e. The lowest BCUT2D eigenvalue weighted by atomic mass is 9.71. The van der Waals surface area contributed by atoms with Crippen LogP contribution < -0.4 is 0 Å². The molecule has 1 heterocycles. The van der Waals surface area contributed by atoms with Gasteiger partial charge in [0.1, 0.15) is 0 Å². The Morgan fingerprint density at radius 2 is 2.05 bits per heavy atom. The van der Waals surface area contributed by atoms with Crippen molar-refractivity contribution in [2.24, 2.45) is 5.92 Å². The van der Waals surface area contributed by atoms with Crippen LogP contribution in [0.5, 0.6) is 0 Å². The van der Waals surface area contributed by atoms with Crippen LogP contribution in [-0.4, -0.2) is 12.2 Å². The number of rotatable bonds is 4. The van der Waals surface area contributed by atoms with Gasteiger partial charge in [-0.3, -0.25) is 0 Å². The fourth-order valence-corrected chi connectivity index (χ4v) is 4.08. The minimum atomic E-state index is 0.303. The number of benzene rings is 1. The average Bonchev–Trinajstić information content (AvgIpc) is 2.44. The molecule has 2 unspecified atom stereocenters. The maximum absolute atomic E-state index is 6.01. The third-order valence-electron chi connectivity index (χ3n) is 4.85. The van der Waals surface area contributed by atoms with Crippen LogP contribution in [0.4, 0.5) is 0 Å². The minimum Gasteiger partial charge on any atom is -0.375 e. The summed E-state index contributed by atoms with van der Waals surface area (Å²) in [5, 5.41) is 0. The molecule has 2 atom stereocenters. The number of alkyl halides is 1. The fourth-order valence-electron chi connectivity index (χ4n) is 3.51. The summed E-state index contributed by atoms with van der Waals surface area (Å²) in [7, 11) is 0. The van der Waals surface area contributed by atoms with Crippen molar-refractivity contribution in [3.63, 3.8) is 0 Å². The van der Waals surface area contributed by atoms with Gasteiger partial charge in [-0.25, -0.2) is 0 Å². The molecule has 1 aromatic carbocycles. The highest BCUT2D eigenvalue weighted by atomic mass is 79.9. The van der Waals surface area contributed by atoms with Gasteiger partial charge in [0, 0.05) is 11.4 Å². The average molecular weight is 323 g/mol. The fraction of sp³-hybridized carbons (Fsp3) is 0.647. The molecule has 2 heteroatoms. The molecule has 0 bridgehead atoms. The lowest BCUT2D eigenvalue weighted by Gasteiger charge is -2.47. The molecule has 2 fully saturated rings. The van der Waals surface area contributed by atoms with E-state index in [4.69, 9.17) is 4.74 Å². The SMILES string of the molecule is BrC(CCC1CCOC2(CCC2)C1)c1ccccc1. The Kier molecular flexibility index (Phi) is 4.28. The monoisotopic (exact) mass is 322 g/mol. The van der Waals surface area contributed by atoms with E-state index in [9.17, 15) is 0 Å². The molecule has 1 saturated heterocycles. The molecule has 0 amide bonds. The van der Waals surface area contributed by atoms with Crippen molar-refractivity contribution in [1.29, 1.82) is 0 Å². The minimum absolute atomic E-state index is 0.303. The second-order valence-electron chi connectivity index (χ2n) is 6.20. The summed E-state index contributed by atoms with van der Waals surface area (Å²) in [6.07, 6.45) is 9.12. The lowest BCUT2D eigenvalue weighted by molar-refractivity contribution is -0.144. The van der Waals surface area contributed by atoms with Gasteiger partial charge in [0.2, 0.25) is 0 Å².